The van der Waals surface area contributed by atoms with Gasteiger partial charge < -0.3 is 15.0 Å². The van der Waals surface area contributed by atoms with Crippen molar-refractivity contribution in [2.45, 2.75) is 19.4 Å². The average molecular weight is 466 g/mol. The third-order valence-electron chi connectivity index (χ3n) is 4.82. The molecule has 1 aliphatic rings. The first-order chi connectivity index (χ1) is 14.6. The first-order valence-electron chi connectivity index (χ1n) is 9.66. The van der Waals surface area contributed by atoms with E-state index >= 15 is 0 Å². The second-order valence-corrected chi connectivity index (χ2v) is 7.83. The number of carbonyl (C=O) groups is 2. The standard InChI is InChI=1S/C23H20BrN3O3/c24-17-7-11-19(12-8-17)30-23-20(3-1-13-25-23)22(29)26-15-16-5-9-18(10-6-16)27-14-2-4-21(27)28/h1,3,5-13H,2,4,14-15H2,(H,26,29). The molecular formula is C23H20BrN3O3. The smallest absolute Gasteiger partial charge is 0.257 e. The summed E-state index contributed by atoms with van der Waals surface area (Å²) in [5.74, 6) is 0.734. The molecule has 0 radical (unpaired) electrons. The van der Waals surface area contributed by atoms with Gasteiger partial charge >= 0.3 is 0 Å². The van der Waals surface area contributed by atoms with E-state index < -0.39 is 0 Å². The van der Waals surface area contributed by atoms with E-state index in [1.54, 1.807) is 35.4 Å². The first kappa shape index (κ1) is 20.1. The predicted octanol–water partition coefficient (Wildman–Crippen LogP) is 4.69. The van der Waals surface area contributed by atoms with Crippen LogP contribution in [-0.4, -0.2) is 23.3 Å². The number of ether oxygens (including phenoxy) is 1. The first-order valence-corrected chi connectivity index (χ1v) is 10.5. The molecule has 152 valence electrons. The van der Waals surface area contributed by atoms with Crippen molar-refractivity contribution in [3.05, 3.63) is 82.5 Å². The normalized spacial score (nSPS) is 13.4. The SMILES string of the molecule is O=C(NCc1ccc(N2CCCC2=O)cc1)c1cccnc1Oc1ccc(Br)cc1. The molecular weight excluding hydrogens is 446 g/mol. The Morgan fingerprint density at radius 3 is 2.57 bits per heavy atom. The van der Waals surface area contributed by atoms with Crippen LogP contribution in [0.3, 0.4) is 0 Å². The Bertz CT molecular complexity index is 1050. The molecule has 0 aliphatic carbocycles. The number of hydrogen-bond acceptors (Lipinski definition) is 4. The minimum atomic E-state index is -0.269. The minimum absolute atomic E-state index is 0.158. The molecule has 2 amide bonds. The van der Waals surface area contributed by atoms with Gasteiger partial charge in [-0.2, -0.15) is 0 Å². The maximum Gasteiger partial charge on any atom is 0.257 e. The Kier molecular flexibility index (Phi) is 6.09. The zero-order valence-corrected chi connectivity index (χ0v) is 17.8. The van der Waals surface area contributed by atoms with Crippen molar-refractivity contribution in [2.75, 3.05) is 11.4 Å². The average Bonchev–Trinajstić information content (AvgIpc) is 3.20. The van der Waals surface area contributed by atoms with Crippen LogP contribution in [0.1, 0.15) is 28.8 Å². The maximum atomic E-state index is 12.7. The number of anilines is 1. The fraction of sp³-hybridized carbons (Fsp3) is 0.174. The lowest BCUT2D eigenvalue weighted by Crippen LogP contribution is -2.24. The van der Waals surface area contributed by atoms with Gasteiger partial charge in [-0.05, 0) is 60.5 Å². The number of carbonyl (C=O) groups excluding carboxylic acids is 2. The highest BCUT2D eigenvalue weighted by atomic mass is 79.9. The quantitative estimate of drug-likeness (QED) is 0.572. The minimum Gasteiger partial charge on any atom is -0.438 e. The summed E-state index contributed by atoms with van der Waals surface area (Å²) in [5, 5.41) is 2.90. The fourth-order valence-electron chi connectivity index (χ4n) is 3.25. The molecule has 6 nitrogen and oxygen atoms in total. The molecule has 0 atom stereocenters. The van der Waals surface area contributed by atoms with Gasteiger partial charge in [-0.15, -0.1) is 0 Å². The Labute approximate surface area is 183 Å². The molecule has 1 aliphatic heterocycles. The lowest BCUT2D eigenvalue weighted by Gasteiger charge is -2.16. The summed E-state index contributed by atoms with van der Waals surface area (Å²) in [5.41, 5.74) is 2.20. The van der Waals surface area contributed by atoms with Crippen LogP contribution in [0, 0.1) is 0 Å². The Morgan fingerprint density at radius 1 is 1.10 bits per heavy atom. The number of aromatic nitrogens is 1. The van der Waals surface area contributed by atoms with Crippen molar-refractivity contribution in [3.8, 4) is 11.6 Å². The number of nitrogens with one attached hydrogen (secondary N) is 1. The van der Waals surface area contributed by atoms with Crippen LogP contribution in [0.15, 0.2) is 71.3 Å². The fourth-order valence-corrected chi connectivity index (χ4v) is 3.52. The van der Waals surface area contributed by atoms with Gasteiger partial charge in [0.25, 0.3) is 5.91 Å². The molecule has 1 fully saturated rings. The Morgan fingerprint density at radius 2 is 1.87 bits per heavy atom. The summed E-state index contributed by atoms with van der Waals surface area (Å²) < 4.78 is 6.73. The zero-order valence-electron chi connectivity index (χ0n) is 16.2. The van der Waals surface area contributed by atoms with Crippen LogP contribution in [0.25, 0.3) is 0 Å². The number of amides is 2. The van der Waals surface area contributed by atoms with Crippen LogP contribution in [0.5, 0.6) is 11.6 Å². The van der Waals surface area contributed by atoms with E-state index in [1.165, 1.54) is 0 Å². The highest BCUT2D eigenvalue weighted by Crippen LogP contribution is 2.25. The van der Waals surface area contributed by atoms with E-state index in [9.17, 15) is 9.59 Å². The number of halogens is 1. The summed E-state index contributed by atoms with van der Waals surface area (Å²) in [7, 11) is 0. The predicted molar refractivity (Wildman–Crippen MR) is 118 cm³/mol. The molecule has 0 unspecified atom stereocenters. The molecule has 3 aromatic rings. The molecule has 2 heterocycles. The molecule has 7 heteroatoms. The second-order valence-electron chi connectivity index (χ2n) is 6.91. The number of pyridine rings is 1. The topological polar surface area (TPSA) is 71.5 Å². The molecule has 1 aromatic heterocycles. The Hall–Kier alpha value is -3.19. The summed E-state index contributed by atoms with van der Waals surface area (Å²) >= 11 is 3.38. The molecule has 1 N–H and O–H groups in total. The van der Waals surface area contributed by atoms with Gasteiger partial charge in [0.05, 0.1) is 0 Å². The van der Waals surface area contributed by atoms with Crippen LogP contribution in [0.2, 0.25) is 0 Å². The van der Waals surface area contributed by atoms with Crippen LogP contribution < -0.4 is 15.0 Å². The van der Waals surface area contributed by atoms with E-state index in [1.807, 2.05) is 36.4 Å². The number of rotatable bonds is 6. The summed E-state index contributed by atoms with van der Waals surface area (Å²) in [6, 6.07) is 18.4. The molecule has 0 bridgehead atoms. The van der Waals surface area contributed by atoms with Crippen LogP contribution in [0.4, 0.5) is 5.69 Å². The molecule has 4 rings (SSSR count). The highest BCUT2D eigenvalue weighted by molar-refractivity contribution is 9.10. The van der Waals surface area contributed by atoms with Crippen molar-refractivity contribution in [1.82, 2.24) is 10.3 Å². The molecule has 1 saturated heterocycles. The number of benzene rings is 2. The van der Waals surface area contributed by atoms with Crippen molar-refractivity contribution in [3.63, 3.8) is 0 Å². The summed E-state index contributed by atoms with van der Waals surface area (Å²) in [6.45, 7) is 1.12. The van der Waals surface area contributed by atoms with Gasteiger partial charge in [-0.1, -0.05) is 28.1 Å². The van der Waals surface area contributed by atoms with E-state index in [-0.39, 0.29) is 17.7 Å². The van der Waals surface area contributed by atoms with Crippen molar-refractivity contribution in [1.29, 1.82) is 0 Å². The van der Waals surface area contributed by atoms with Crippen molar-refractivity contribution >= 4 is 33.4 Å². The molecule has 0 saturated carbocycles. The molecule has 0 spiro atoms. The van der Waals surface area contributed by atoms with Gasteiger partial charge in [0.15, 0.2) is 0 Å². The van der Waals surface area contributed by atoms with Gasteiger partial charge in [-0.3, -0.25) is 9.59 Å². The highest BCUT2D eigenvalue weighted by Gasteiger charge is 2.21. The van der Waals surface area contributed by atoms with Crippen molar-refractivity contribution in [2.24, 2.45) is 0 Å². The maximum absolute atomic E-state index is 12.7. The summed E-state index contributed by atoms with van der Waals surface area (Å²) in [6.07, 6.45) is 3.09. The Balaban J connectivity index is 1.40. The zero-order chi connectivity index (χ0) is 20.9. The van der Waals surface area contributed by atoms with E-state index in [0.29, 0.717) is 24.3 Å². The summed E-state index contributed by atoms with van der Waals surface area (Å²) in [4.78, 5) is 30.6. The van der Waals surface area contributed by atoms with Gasteiger partial charge in [0.2, 0.25) is 11.8 Å². The van der Waals surface area contributed by atoms with Crippen LogP contribution >= 0.6 is 15.9 Å². The van der Waals surface area contributed by atoms with Gasteiger partial charge in [0.1, 0.15) is 11.3 Å². The second kappa shape index (κ2) is 9.09. The number of hydrogen-bond donors (Lipinski definition) is 1. The van der Waals surface area contributed by atoms with E-state index in [4.69, 9.17) is 4.74 Å². The largest absolute Gasteiger partial charge is 0.438 e. The lowest BCUT2D eigenvalue weighted by atomic mass is 10.2. The monoisotopic (exact) mass is 465 g/mol. The third-order valence-corrected chi connectivity index (χ3v) is 5.35. The van der Waals surface area contributed by atoms with Crippen molar-refractivity contribution < 1.29 is 14.3 Å². The molecule has 2 aromatic carbocycles. The molecule has 30 heavy (non-hydrogen) atoms. The van der Waals surface area contributed by atoms with E-state index in [0.717, 1.165) is 28.7 Å². The van der Waals surface area contributed by atoms with Gasteiger partial charge in [0, 0.05) is 35.9 Å². The lowest BCUT2D eigenvalue weighted by molar-refractivity contribution is -0.117. The van der Waals surface area contributed by atoms with E-state index in [2.05, 4.69) is 26.2 Å². The van der Waals surface area contributed by atoms with Crippen LogP contribution in [-0.2, 0) is 11.3 Å². The van der Waals surface area contributed by atoms with Gasteiger partial charge in [-0.25, -0.2) is 4.98 Å². The third kappa shape index (κ3) is 4.68. The number of nitrogens with zero attached hydrogens (tertiary/aromatic N) is 2.